The predicted molar refractivity (Wildman–Crippen MR) is 112 cm³/mol. The Labute approximate surface area is 166 Å². The van der Waals surface area contributed by atoms with Crippen molar-refractivity contribution >= 4 is 34.3 Å². The Bertz CT molecular complexity index is 1070. The molecule has 6 heteroatoms. The van der Waals surface area contributed by atoms with Crippen molar-refractivity contribution in [3.8, 4) is 11.3 Å². The Hall–Kier alpha value is -3.25. The van der Waals surface area contributed by atoms with Crippen LogP contribution in [0.15, 0.2) is 70.7 Å². The van der Waals surface area contributed by atoms with Crippen molar-refractivity contribution in [3.63, 3.8) is 0 Å². The maximum absolute atomic E-state index is 12.0. The van der Waals surface area contributed by atoms with E-state index in [0.29, 0.717) is 12.3 Å². The average Bonchev–Trinajstić information content (AvgIpc) is 3.37. The molecular formula is C22H19N3O2S. The van der Waals surface area contributed by atoms with Crippen LogP contribution in [0, 0.1) is 0 Å². The molecule has 0 radical (unpaired) electrons. The molecule has 0 aliphatic rings. The van der Waals surface area contributed by atoms with Crippen molar-refractivity contribution in [1.29, 1.82) is 0 Å². The minimum absolute atomic E-state index is 0.128. The van der Waals surface area contributed by atoms with Crippen molar-refractivity contribution in [2.45, 2.75) is 12.8 Å². The number of aromatic nitrogens is 2. The summed E-state index contributed by atoms with van der Waals surface area (Å²) in [5, 5.41) is 7.05. The van der Waals surface area contributed by atoms with Crippen molar-refractivity contribution in [3.05, 3.63) is 77.1 Å². The van der Waals surface area contributed by atoms with E-state index in [9.17, 15) is 4.79 Å². The number of para-hydroxylation sites is 1. The summed E-state index contributed by atoms with van der Waals surface area (Å²) < 4.78 is 5.66. The standard InChI is InChI=1S/C22H19N3O2S/c26-21(8-7-18-14-17-4-1-2-5-20(17)27-18)24-11-3-6-22-25-19(15-28-22)16-9-12-23-13-10-16/h1-2,4-5,7-10,12-15H,3,6,11H2,(H,24,26)/b8-7+. The van der Waals surface area contributed by atoms with Crippen molar-refractivity contribution < 1.29 is 9.21 Å². The molecule has 4 rings (SSSR count). The van der Waals surface area contributed by atoms with Crippen LogP contribution in [-0.2, 0) is 11.2 Å². The average molecular weight is 389 g/mol. The van der Waals surface area contributed by atoms with Gasteiger partial charge in [0, 0.05) is 47.8 Å². The van der Waals surface area contributed by atoms with E-state index in [-0.39, 0.29) is 5.91 Å². The third-order valence-electron chi connectivity index (χ3n) is 4.24. The van der Waals surface area contributed by atoms with Gasteiger partial charge < -0.3 is 9.73 Å². The molecule has 0 aliphatic heterocycles. The first-order valence-electron chi connectivity index (χ1n) is 9.07. The second-order valence-corrected chi connectivity index (χ2v) is 7.22. The summed E-state index contributed by atoms with van der Waals surface area (Å²) >= 11 is 1.64. The van der Waals surface area contributed by atoms with E-state index in [2.05, 4.69) is 20.7 Å². The summed E-state index contributed by atoms with van der Waals surface area (Å²) in [6, 6.07) is 13.6. The lowest BCUT2D eigenvalue weighted by molar-refractivity contribution is -0.116. The summed E-state index contributed by atoms with van der Waals surface area (Å²) in [5.74, 6) is 0.542. The Morgan fingerprint density at radius 1 is 1.18 bits per heavy atom. The van der Waals surface area contributed by atoms with Gasteiger partial charge in [-0.3, -0.25) is 9.78 Å². The number of pyridine rings is 1. The number of amides is 1. The lowest BCUT2D eigenvalue weighted by atomic mass is 10.2. The van der Waals surface area contributed by atoms with Crippen LogP contribution in [0.25, 0.3) is 28.3 Å². The van der Waals surface area contributed by atoms with E-state index >= 15 is 0 Å². The van der Waals surface area contributed by atoms with E-state index in [1.807, 2.05) is 42.5 Å². The van der Waals surface area contributed by atoms with E-state index in [4.69, 9.17) is 4.42 Å². The molecule has 4 aromatic rings. The molecule has 5 nitrogen and oxygen atoms in total. The van der Waals surface area contributed by atoms with Gasteiger partial charge in [-0.15, -0.1) is 11.3 Å². The van der Waals surface area contributed by atoms with Gasteiger partial charge in [-0.2, -0.15) is 0 Å². The molecule has 0 aliphatic carbocycles. The number of hydrogen-bond donors (Lipinski definition) is 1. The van der Waals surface area contributed by atoms with Crippen LogP contribution < -0.4 is 5.32 Å². The number of furan rings is 1. The number of nitrogens with zero attached hydrogens (tertiary/aromatic N) is 2. The Morgan fingerprint density at radius 2 is 2.04 bits per heavy atom. The summed E-state index contributed by atoms with van der Waals surface area (Å²) in [6.07, 6.45) is 8.40. The summed E-state index contributed by atoms with van der Waals surface area (Å²) in [5.41, 5.74) is 2.86. The lowest BCUT2D eigenvalue weighted by Crippen LogP contribution is -2.22. The molecule has 0 bridgehead atoms. The van der Waals surface area contributed by atoms with Crippen LogP contribution in [0.4, 0.5) is 0 Å². The minimum Gasteiger partial charge on any atom is -0.457 e. The fourth-order valence-electron chi connectivity index (χ4n) is 2.83. The summed E-state index contributed by atoms with van der Waals surface area (Å²) in [4.78, 5) is 20.6. The van der Waals surface area contributed by atoms with Gasteiger partial charge in [0.2, 0.25) is 5.91 Å². The van der Waals surface area contributed by atoms with E-state index in [1.165, 1.54) is 6.08 Å². The van der Waals surface area contributed by atoms with Crippen molar-refractivity contribution in [2.75, 3.05) is 6.54 Å². The van der Waals surface area contributed by atoms with Gasteiger partial charge >= 0.3 is 0 Å². The second kappa shape index (κ2) is 8.63. The molecule has 3 aromatic heterocycles. The zero-order valence-corrected chi connectivity index (χ0v) is 16.0. The van der Waals surface area contributed by atoms with Gasteiger partial charge in [-0.1, -0.05) is 18.2 Å². The van der Waals surface area contributed by atoms with Crippen molar-refractivity contribution in [2.24, 2.45) is 0 Å². The zero-order chi connectivity index (χ0) is 19.2. The number of carbonyl (C=O) groups excluding carboxylic acids is 1. The smallest absolute Gasteiger partial charge is 0.244 e. The third kappa shape index (κ3) is 4.53. The predicted octanol–water partition coefficient (Wildman–Crippen LogP) is 4.71. The molecule has 3 heterocycles. The molecule has 0 unspecified atom stereocenters. The van der Waals surface area contributed by atoms with Gasteiger partial charge in [-0.25, -0.2) is 4.98 Å². The Balaban J connectivity index is 1.23. The normalized spacial score (nSPS) is 11.3. The monoisotopic (exact) mass is 389 g/mol. The van der Waals surface area contributed by atoms with E-state index in [1.54, 1.807) is 29.8 Å². The number of carbonyl (C=O) groups is 1. The fourth-order valence-corrected chi connectivity index (χ4v) is 3.68. The fraction of sp³-hybridized carbons (Fsp3) is 0.136. The van der Waals surface area contributed by atoms with Gasteiger partial charge in [0.05, 0.1) is 10.7 Å². The van der Waals surface area contributed by atoms with Crippen LogP contribution in [0.5, 0.6) is 0 Å². The Kier molecular flexibility index (Phi) is 5.58. The van der Waals surface area contributed by atoms with E-state index < -0.39 is 0 Å². The lowest BCUT2D eigenvalue weighted by Gasteiger charge is -2.00. The molecular weight excluding hydrogens is 370 g/mol. The van der Waals surface area contributed by atoms with Crippen LogP contribution in [0.3, 0.4) is 0 Å². The molecule has 1 aromatic carbocycles. The quantitative estimate of drug-likeness (QED) is 0.367. The number of hydrogen-bond acceptors (Lipinski definition) is 5. The highest BCUT2D eigenvalue weighted by atomic mass is 32.1. The number of benzene rings is 1. The molecule has 0 atom stereocenters. The highest BCUT2D eigenvalue weighted by Crippen LogP contribution is 2.22. The first-order valence-corrected chi connectivity index (χ1v) is 9.95. The molecule has 140 valence electrons. The highest BCUT2D eigenvalue weighted by molar-refractivity contribution is 7.09. The molecule has 1 amide bonds. The molecule has 1 N–H and O–H groups in total. The first-order chi connectivity index (χ1) is 13.8. The van der Waals surface area contributed by atoms with Crippen LogP contribution in [0.1, 0.15) is 17.2 Å². The van der Waals surface area contributed by atoms with E-state index in [0.717, 1.165) is 40.1 Å². The summed E-state index contributed by atoms with van der Waals surface area (Å²) in [7, 11) is 0. The molecule has 0 spiro atoms. The minimum atomic E-state index is -0.128. The number of fused-ring (bicyclic) bond motifs is 1. The Morgan fingerprint density at radius 3 is 2.89 bits per heavy atom. The maximum Gasteiger partial charge on any atom is 0.244 e. The number of aryl methyl sites for hydroxylation is 1. The number of rotatable bonds is 7. The van der Waals surface area contributed by atoms with Crippen LogP contribution in [-0.4, -0.2) is 22.4 Å². The van der Waals surface area contributed by atoms with Gasteiger partial charge in [-0.05, 0) is 36.8 Å². The largest absolute Gasteiger partial charge is 0.457 e. The second-order valence-electron chi connectivity index (χ2n) is 6.28. The topological polar surface area (TPSA) is 68.0 Å². The molecule has 0 saturated carbocycles. The highest BCUT2D eigenvalue weighted by Gasteiger charge is 2.05. The third-order valence-corrected chi connectivity index (χ3v) is 5.15. The number of thiazole rings is 1. The first kappa shape index (κ1) is 18.1. The number of nitrogens with one attached hydrogen (secondary N) is 1. The van der Waals surface area contributed by atoms with Crippen molar-refractivity contribution in [1.82, 2.24) is 15.3 Å². The van der Waals surface area contributed by atoms with Gasteiger partial charge in [0.15, 0.2) is 0 Å². The van der Waals surface area contributed by atoms with Gasteiger partial charge in [0.1, 0.15) is 11.3 Å². The molecule has 0 fully saturated rings. The molecule has 28 heavy (non-hydrogen) atoms. The molecule has 0 saturated heterocycles. The van der Waals surface area contributed by atoms with Gasteiger partial charge in [0.25, 0.3) is 0 Å². The zero-order valence-electron chi connectivity index (χ0n) is 15.2. The maximum atomic E-state index is 12.0. The van der Waals surface area contributed by atoms with Crippen LogP contribution >= 0.6 is 11.3 Å². The summed E-state index contributed by atoms with van der Waals surface area (Å²) in [6.45, 7) is 0.605. The SMILES string of the molecule is O=C(/C=C/c1cc2ccccc2o1)NCCCc1nc(-c2ccncc2)cs1. The van der Waals surface area contributed by atoms with Crippen LogP contribution in [0.2, 0.25) is 0 Å².